The Bertz CT molecular complexity index is 1060. The van der Waals surface area contributed by atoms with Crippen molar-refractivity contribution in [3.63, 3.8) is 0 Å². The molecule has 1 unspecified atom stereocenters. The number of halogens is 4. The minimum Gasteiger partial charge on any atom is -0.393 e. The van der Waals surface area contributed by atoms with Crippen LogP contribution in [0.5, 0.6) is 0 Å². The van der Waals surface area contributed by atoms with Crippen LogP contribution >= 0.6 is 0 Å². The Labute approximate surface area is 182 Å². The molecule has 2 aromatic rings. The first-order chi connectivity index (χ1) is 15.1. The van der Waals surface area contributed by atoms with Crippen LogP contribution in [0.3, 0.4) is 0 Å². The van der Waals surface area contributed by atoms with Crippen molar-refractivity contribution in [2.24, 2.45) is 0 Å². The van der Waals surface area contributed by atoms with Crippen molar-refractivity contribution in [2.45, 2.75) is 56.7 Å². The number of benzene rings is 2. The normalized spacial score (nSPS) is 22.7. The van der Waals surface area contributed by atoms with Crippen LogP contribution in [0.25, 0.3) is 0 Å². The fourth-order valence-electron chi connectivity index (χ4n) is 4.63. The summed E-state index contributed by atoms with van der Waals surface area (Å²) in [7, 11) is 0. The van der Waals surface area contributed by atoms with Gasteiger partial charge in [-0.15, -0.1) is 0 Å². The first-order valence-corrected chi connectivity index (χ1v) is 10.3. The highest BCUT2D eigenvalue weighted by atomic mass is 19.3. The third-order valence-electron chi connectivity index (χ3n) is 6.21. The molecule has 0 spiro atoms. The van der Waals surface area contributed by atoms with Gasteiger partial charge in [0.2, 0.25) is 0 Å². The summed E-state index contributed by atoms with van der Waals surface area (Å²) in [5.41, 5.74) is -1.43. The van der Waals surface area contributed by atoms with Crippen molar-refractivity contribution in [1.29, 1.82) is 0 Å². The molecular weight excluding hydrogens is 428 g/mol. The Morgan fingerprint density at radius 2 is 1.75 bits per heavy atom. The number of nitrogens with zero attached hydrogens (tertiary/aromatic N) is 1. The van der Waals surface area contributed by atoms with Gasteiger partial charge in [0, 0.05) is 17.8 Å². The van der Waals surface area contributed by atoms with E-state index in [1.54, 1.807) is 0 Å². The van der Waals surface area contributed by atoms with Gasteiger partial charge in [-0.3, -0.25) is 9.59 Å². The minimum atomic E-state index is -4.18. The summed E-state index contributed by atoms with van der Waals surface area (Å²) in [5.74, 6) is -8.70. The molecule has 0 saturated carbocycles. The number of aliphatic hydroxyl groups is 1. The number of fused-ring (bicyclic) bond motifs is 2. The van der Waals surface area contributed by atoms with E-state index in [1.165, 1.54) is 19.1 Å². The van der Waals surface area contributed by atoms with Crippen LogP contribution in [0.2, 0.25) is 0 Å². The third-order valence-corrected chi connectivity index (χ3v) is 6.21. The van der Waals surface area contributed by atoms with Crippen molar-refractivity contribution >= 4 is 17.5 Å². The Balaban J connectivity index is 1.60. The molecule has 4 rings (SSSR count). The highest BCUT2D eigenvalue weighted by Crippen LogP contribution is 2.41. The SMILES string of the molecule is Cc1cc(NC(=O)c2cccc(C(F)(F)C(=O)N3[C@@H]4CC[C@H]3CC(O)C4)c2F)ccc1F. The second kappa shape index (κ2) is 8.20. The Morgan fingerprint density at radius 1 is 1.09 bits per heavy atom. The van der Waals surface area contributed by atoms with Gasteiger partial charge < -0.3 is 15.3 Å². The summed E-state index contributed by atoms with van der Waals surface area (Å²) >= 11 is 0. The largest absolute Gasteiger partial charge is 0.393 e. The molecule has 2 saturated heterocycles. The lowest BCUT2D eigenvalue weighted by Gasteiger charge is -2.39. The predicted octanol–water partition coefficient (Wildman–Crippen LogP) is 4.13. The molecule has 0 aliphatic carbocycles. The number of carbonyl (C=O) groups excluding carboxylic acids is 2. The van der Waals surface area contributed by atoms with Crippen LogP contribution in [-0.4, -0.2) is 40.0 Å². The van der Waals surface area contributed by atoms with Gasteiger partial charge in [0.25, 0.3) is 11.8 Å². The van der Waals surface area contributed by atoms with Gasteiger partial charge in [-0.25, -0.2) is 8.78 Å². The molecule has 2 amide bonds. The molecule has 2 N–H and O–H groups in total. The molecule has 0 radical (unpaired) electrons. The Hall–Kier alpha value is -2.94. The molecule has 9 heteroatoms. The second-order valence-corrected chi connectivity index (χ2v) is 8.38. The third kappa shape index (κ3) is 3.85. The molecule has 2 fully saturated rings. The zero-order valence-electron chi connectivity index (χ0n) is 17.2. The number of alkyl halides is 2. The number of carbonyl (C=O) groups is 2. The van der Waals surface area contributed by atoms with E-state index in [-0.39, 0.29) is 24.1 Å². The van der Waals surface area contributed by atoms with E-state index >= 15 is 13.2 Å². The second-order valence-electron chi connectivity index (χ2n) is 8.38. The molecule has 2 bridgehead atoms. The average Bonchev–Trinajstić information content (AvgIpc) is 3.00. The van der Waals surface area contributed by atoms with Gasteiger partial charge in [-0.2, -0.15) is 8.78 Å². The van der Waals surface area contributed by atoms with E-state index in [9.17, 15) is 19.1 Å². The number of hydrogen-bond donors (Lipinski definition) is 2. The molecule has 2 aromatic carbocycles. The minimum absolute atomic E-state index is 0.171. The molecule has 2 heterocycles. The van der Waals surface area contributed by atoms with Crippen molar-refractivity contribution in [3.8, 4) is 0 Å². The fourth-order valence-corrected chi connectivity index (χ4v) is 4.63. The molecule has 3 atom stereocenters. The van der Waals surface area contributed by atoms with Gasteiger partial charge in [-0.05, 0) is 68.5 Å². The summed E-state index contributed by atoms with van der Waals surface area (Å²) in [6, 6.07) is 5.58. The van der Waals surface area contributed by atoms with E-state index in [0.717, 1.165) is 29.2 Å². The summed E-state index contributed by atoms with van der Waals surface area (Å²) < 4.78 is 58.8. The van der Waals surface area contributed by atoms with E-state index in [2.05, 4.69) is 5.32 Å². The molecule has 170 valence electrons. The number of nitrogens with one attached hydrogen (secondary N) is 1. The lowest BCUT2D eigenvalue weighted by Crippen LogP contribution is -2.53. The number of piperidine rings is 1. The van der Waals surface area contributed by atoms with Crippen molar-refractivity contribution in [2.75, 3.05) is 5.32 Å². The Kier molecular flexibility index (Phi) is 5.70. The fraction of sp³-hybridized carbons (Fsp3) is 0.391. The molecule has 0 aromatic heterocycles. The summed E-state index contributed by atoms with van der Waals surface area (Å²) in [6.07, 6.45) is 0.779. The van der Waals surface area contributed by atoms with Crippen molar-refractivity contribution in [1.82, 2.24) is 4.90 Å². The number of amides is 2. The topological polar surface area (TPSA) is 69.6 Å². The molecular formula is C23H22F4N2O3. The average molecular weight is 450 g/mol. The van der Waals surface area contributed by atoms with Crippen molar-refractivity contribution < 1.29 is 32.3 Å². The lowest BCUT2D eigenvalue weighted by molar-refractivity contribution is -0.166. The summed E-state index contributed by atoms with van der Waals surface area (Å²) in [6.45, 7) is 1.48. The maximum atomic E-state index is 15.2. The van der Waals surface area contributed by atoms with Gasteiger partial charge in [0.1, 0.15) is 11.6 Å². The monoisotopic (exact) mass is 450 g/mol. The summed E-state index contributed by atoms with van der Waals surface area (Å²) in [5, 5.41) is 12.2. The lowest BCUT2D eigenvalue weighted by atomic mass is 9.96. The number of aryl methyl sites for hydroxylation is 1. The Morgan fingerprint density at radius 3 is 2.38 bits per heavy atom. The molecule has 2 aliphatic heterocycles. The molecule has 5 nitrogen and oxygen atoms in total. The van der Waals surface area contributed by atoms with E-state index < -0.39 is 58.7 Å². The van der Waals surface area contributed by atoms with Crippen LogP contribution in [0.1, 0.15) is 47.2 Å². The van der Waals surface area contributed by atoms with E-state index in [0.29, 0.717) is 12.8 Å². The number of aliphatic hydroxyl groups excluding tert-OH is 1. The first-order valence-electron chi connectivity index (χ1n) is 10.3. The summed E-state index contributed by atoms with van der Waals surface area (Å²) in [4.78, 5) is 26.4. The van der Waals surface area contributed by atoms with Crippen LogP contribution in [0, 0.1) is 18.6 Å². The maximum Gasteiger partial charge on any atom is 0.352 e. The standard InChI is InChI=1S/C23H22F4N2O3/c1-12-9-13(5-8-19(12)24)28-21(31)17-3-2-4-18(20(17)25)23(26,27)22(32)29-14-6-7-15(29)11-16(30)10-14/h2-5,8-9,14-16,30H,6-7,10-11H2,1H3,(H,28,31)/t14-,15+,16?. The van der Waals surface area contributed by atoms with Gasteiger partial charge in [-0.1, -0.05) is 6.07 Å². The van der Waals surface area contributed by atoms with Crippen molar-refractivity contribution in [3.05, 3.63) is 64.7 Å². The number of hydrogen-bond acceptors (Lipinski definition) is 3. The van der Waals surface area contributed by atoms with E-state index in [4.69, 9.17) is 0 Å². The quantitative estimate of drug-likeness (QED) is 0.689. The maximum absolute atomic E-state index is 15.2. The molecule has 32 heavy (non-hydrogen) atoms. The van der Waals surface area contributed by atoms with Crippen LogP contribution in [-0.2, 0) is 10.7 Å². The smallest absolute Gasteiger partial charge is 0.352 e. The number of rotatable bonds is 4. The van der Waals surface area contributed by atoms with Crippen LogP contribution < -0.4 is 5.32 Å². The van der Waals surface area contributed by atoms with E-state index in [1.807, 2.05) is 0 Å². The van der Waals surface area contributed by atoms with Crippen LogP contribution in [0.4, 0.5) is 23.2 Å². The zero-order chi connectivity index (χ0) is 23.2. The predicted molar refractivity (Wildman–Crippen MR) is 108 cm³/mol. The van der Waals surface area contributed by atoms with Gasteiger partial charge in [0.15, 0.2) is 0 Å². The first kappa shape index (κ1) is 22.3. The number of anilines is 1. The van der Waals surface area contributed by atoms with Gasteiger partial charge >= 0.3 is 5.92 Å². The highest BCUT2D eigenvalue weighted by Gasteiger charge is 2.53. The zero-order valence-corrected chi connectivity index (χ0v) is 17.2. The van der Waals surface area contributed by atoms with Crippen LogP contribution in [0.15, 0.2) is 36.4 Å². The van der Waals surface area contributed by atoms with Gasteiger partial charge in [0.05, 0.1) is 17.2 Å². The highest BCUT2D eigenvalue weighted by molar-refractivity contribution is 6.04. The molecule has 2 aliphatic rings.